The van der Waals surface area contributed by atoms with Crippen molar-refractivity contribution in [1.82, 2.24) is 15.2 Å². The van der Waals surface area contributed by atoms with Gasteiger partial charge in [0, 0.05) is 37.0 Å². The lowest BCUT2D eigenvalue weighted by molar-refractivity contribution is 0.0805. The second-order valence-corrected chi connectivity index (χ2v) is 6.82. The maximum absolute atomic E-state index is 14.6. The van der Waals surface area contributed by atoms with E-state index in [9.17, 15) is 14.4 Å². The van der Waals surface area contributed by atoms with Crippen LogP contribution in [0.4, 0.5) is 10.2 Å². The number of hydrogen-bond acceptors (Lipinski definition) is 7. The second kappa shape index (κ2) is 8.21. The molecule has 1 aromatic carbocycles. The van der Waals surface area contributed by atoms with Crippen LogP contribution < -0.4 is 15.8 Å². The number of carbonyl (C=O) groups excluding carboxylic acids is 1. The van der Waals surface area contributed by atoms with Crippen LogP contribution in [-0.4, -0.2) is 42.1 Å². The molecule has 30 heavy (non-hydrogen) atoms. The van der Waals surface area contributed by atoms with Crippen LogP contribution in [0.3, 0.4) is 0 Å². The molecule has 1 unspecified atom stereocenters. The SMILES string of the molecule is CN/C(C#N)=C1\C(=N)CN(C)C(=O)c2c(F)cccc2C(C)Oc2cc1cnc2N. The van der Waals surface area contributed by atoms with Crippen LogP contribution in [0.5, 0.6) is 5.75 Å². The van der Waals surface area contributed by atoms with Crippen molar-refractivity contribution in [2.24, 2.45) is 0 Å². The number of nitriles is 1. The maximum atomic E-state index is 14.6. The summed E-state index contributed by atoms with van der Waals surface area (Å²) in [6, 6.07) is 7.91. The molecule has 0 saturated heterocycles. The number of nitrogens with zero attached hydrogens (tertiary/aromatic N) is 3. The summed E-state index contributed by atoms with van der Waals surface area (Å²) < 4.78 is 20.6. The molecule has 0 saturated carbocycles. The fraction of sp³-hybridized carbons (Fsp3) is 0.238. The lowest BCUT2D eigenvalue weighted by Crippen LogP contribution is -2.34. The second-order valence-electron chi connectivity index (χ2n) is 6.82. The molecule has 1 atom stereocenters. The Labute approximate surface area is 173 Å². The maximum Gasteiger partial charge on any atom is 0.257 e. The zero-order valence-electron chi connectivity index (χ0n) is 16.8. The third kappa shape index (κ3) is 3.67. The van der Waals surface area contributed by atoms with Gasteiger partial charge in [0.1, 0.15) is 23.7 Å². The number of carbonyl (C=O) groups is 1. The van der Waals surface area contributed by atoms with Crippen molar-refractivity contribution in [1.29, 1.82) is 10.7 Å². The topological polar surface area (TPSA) is 128 Å². The number of pyridine rings is 1. The van der Waals surface area contributed by atoms with Gasteiger partial charge >= 0.3 is 0 Å². The summed E-state index contributed by atoms with van der Waals surface area (Å²) >= 11 is 0. The van der Waals surface area contributed by atoms with Crippen LogP contribution in [0.1, 0.15) is 34.5 Å². The highest BCUT2D eigenvalue weighted by Crippen LogP contribution is 2.32. The highest BCUT2D eigenvalue weighted by molar-refractivity contribution is 6.25. The normalized spacial score (nSPS) is 18.4. The van der Waals surface area contributed by atoms with Gasteiger partial charge in [-0.05, 0) is 19.1 Å². The Balaban J connectivity index is 2.28. The molecule has 0 aliphatic carbocycles. The molecule has 3 rings (SSSR count). The molecule has 0 fully saturated rings. The number of ether oxygens (including phenoxy) is 1. The van der Waals surface area contributed by atoms with Gasteiger partial charge in [-0.25, -0.2) is 9.37 Å². The van der Waals surface area contributed by atoms with Gasteiger partial charge in [0.25, 0.3) is 5.91 Å². The van der Waals surface area contributed by atoms with E-state index in [1.54, 1.807) is 26.1 Å². The first-order chi connectivity index (χ1) is 14.3. The van der Waals surface area contributed by atoms with E-state index in [2.05, 4.69) is 10.3 Å². The number of benzene rings is 1. The largest absolute Gasteiger partial charge is 0.482 e. The predicted octanol–water partition coefficient (Wildman–Crippen LogP) is 2.50. The van der Waals surface area contributed by atoms with E-state index in [1.807, 2.05) is 6.07 Å². The predicted molar refractivity (Wildman–Crippen MR) is 110 cm³/mol. The number of halogens is 1. The fourth-order valence-electron chi connectivity index (χ4n) is 3.33. The third-order valence-electron chi connectivity index (χ3n) is 4.83. The zero-order chi connectivity index (χ0) is 22.0. The van der Waals surface area contributed by atoms with Crippen LogP contribution in [-0.2, 0) is 0 Å². The zero-order valence-corrected chi connectivity index (χ0v) is 16.8. The third-order valence-corrected chi connectivity index (χ3v) is 4.83. The molecular formula is C21H21FN6O2. The standard InChI is InChI=1S/C21H21FN6O2/c1-11-13-5-4-6-14(22)19(13)21(29)28(3)10-15(24)18(16(8-23)26-2)12-7-17(30-11)20(25)27-9-12/h4-7,9,11,24,26H,10H2,1-3H3,(H2,25,27)/b18-16-,24-15?. The van der Waals surface area contributed by atoms with Crippen molar-refractivity contribution in [3.8, 4) is 11.8 Å². The van der Waals surface area contributed by atoms with Gasteiger partial charge in [-0.15, -0.1) is 0 Å². The van der Waals surface area contributed by atoms with Crippen LogP contribution in [0.2, 0.25) is 0 Å². The van der Waals surface area contributed by atoms with Gasteiger partial charge in [0.05, 0.1) is 17.8 Å². The van der Waals surface area contributed by atoms with Crippen molar-refractivity contribution in [2.75, 3.05) is 26.4 Å². The first-order valence-electron chi connectivity index (χ1n) is 9.14. The first-order valence-corrected chi connectivity index (χ1v) is 9.14. The molecule has 2 bridgehead atoms. The molecule has 0 spiro atoms. The van der Waals surface area contributed by atoms with Crippen molar-refractivity contribution in [3.05, 3.63) is 58.7 Å². The smallest absolute Gasteiger partial charge is 0.257 e. The number of anilines is 1. The number of nitrogen functional groups attached to an aromatic ring is 1. The summed E-state index contributed by atoms with van der Waals surface area (Å²) in [5.74, 6) is -0.985. The van der Waals surface area contributed by atoms with E-state index in [-0.39, 0.29) is 40.7 Å². The van der Waals surface area contributed by atoms with Crippen molar-refractivity contribution < 1.29 is 13.9 Å². The summed E-state index contributed by atoms with van der Waals surface area (Å²) in [6.07, 6.45) is 0.727. The summed E-state index contributed by atoms with van der Waals surface area (Å²) in [4.78, 5) is 18.4. The molecule has 1 aromatic heterocycles. The fourth-order valence-corrected chi connectivity index (χ4v) is 3.33. The summed E-state index contributed by atoms with van der Waals surface area (Å²) in [7, 11) is 3.03. The molecule has 2 aromatic rings. The van der Waals surface area contributed by atoms with Crippen LogP contribution in [0.15, 0.2) is 36.2 Å². The summed E-state index contributed by atoms with van der Waals surface area (Å²) in [5, 5.41) is 20.8. The Bertz CT molecular complexity index is 1110. The number of hydrogen-bond donors (Lipinski definition) is 3. The van der Waals surface area contributed by atoms with E-state index in [4.69, 9.17) is 15.9 Å². The lowest BCUT2D eigenvalue weighted by atomic mass is 9.97. The molecule has 4 N–H and O–H groups in total. The van der Waals surface area contributed by atoms with Crippen LogP contribution in [0.25, 0.3) is 5.57 Å². The number of fused-ring (bicyclic) bond motifs is 3. The Morgan fingerprint density at radius 3 is 2.90 bits per heavy atom. The molecule has 8 nitrogen and oxygen atoms in total. The van der Waals surface area contributed by atoms with Crippen molar-refractivity contribution in [2.45, 2.75) is 13.0 Å². The molecule has 1 aliphatic rings. The Morgan fingerprint density at radius 2 is 2.23 bits per heavy atom. The van der Waals surface area contributed by atoms with Gasteiger partial charge in [-0.2, -0.15) is 5.26 Å². The van der Waals surface area contributed by atoms with Crippen molar-refractivity contribution >= 4 is 23.0 Å². The van der Waals surface area contributed by atoms with E-state index in [0.717, 1.165) is 0 Å². The van der Waals surface area contributed by atoms with Crippen LogP contribution >= 0.6 is 0 Å². The monoisotopic (exact) mass is 408 g/mol. The van der Waals surface area contributed by atoms with E-state index in [0.29, 0.717) is 11.1 Å². The Morgan fingerprint density at radius 1 is 1.50 bits per heavy atom. The number of nitrogens with one attached hydrogen (secondary N) is 2. The molecule has 1 amide bonds. The molecular weight excluding hydrogens is 387 g/mol. The van der Waals surface area contributed by atoms with Crippen LogP contribution in [0, 0.1) is 22.6 Å². The van der Waals surface area contributed by atoms with E-state index >= 15 is 0 Å². The quantitative estimate of drug-likeness (QED) is 0.622. The average Bonchev–Trinajstić information content (AvgIpc) is 2.72. The van der Waals surface area contributed by atoms with Gasteiger partial charge < -0.3 is 26.1 Å². The molecule has 0 radical (unpaired) electrons. The molecule has 9 heteroatoms. The highest BCUT2D eigenvalue weighted by atomic mass is 19.1. The first kappa shape index (κ1) is 20.8. The van der Waals surface area contributed by atoms with Gasteiger partial charge in [-0.1, -0.05) is 12.1 Å². The number of amides is 1. The number of nitrogens with two attached hydrogens (primary N) is 1. The Kier molecular flexibility index (Phi) is 5.69. The van der Waals surface area contributed by atoms with Gasteiger partial charge in [-0.3, -0.25) is 4.79 Å². The Hall–Kier alpha value is -3.93. The van der Waals surface area contributed by atoms with E-state index < -0.39 is 17.8 Å². The molecule has 2 heterocycles. The highest BCUT2D eigenvalue weighted by Gasteiger charge is 2.27. The molecule has 154 valence electrons. The minimum absolute atomic E-state index is 0.0271. The number of rotatable bonds is 1. The van der Waals surface area contributed by atoms with Crippen molar-refractivity contribution in [3.63, 3.8) is 0 Å². The summed E-state index contributed by atoms with van der Waals surface area (Å²) in [6.45, 7) is 1.53. The minimum Gasteiger partial charge on any atom is -0.482 e. The van der Waals surface area contributed by atoms with Gasteiger partial charge in [0.15, 0.2) is 11.6 Å². The lowest BCUT2D eigenvalue weighted by Gasteiger charge is -2.25. The molecule has 1 aliphatic heterocycles. The average molecular weight is 408 g/mol. The summed E-state index contributed by atoms with van der Waals surface area (Å²) in [5.41, 5.74) is 6.96. The number of aromatic nitrogens is 1. The van der Waals surface area contributed by atoms with E-state index in [1.165, 1.54) is 30.3 Å². The number of allylic oxidation sites excluding steroid dienone is 1. The minimum atomic E-state index is -0.710. The van der Waals surface area contributed by atoms with Gasteiger partial charge in [0.2, 0.25) is 0 Å².